The SMILES string of the molecule is CCC[C@H](C)NC(=O)c1ccc(C)c(S(=O)(=O)N2CCCC2)c1. The molecule has 0 saturated carbocycles. The number of hydrogen-bond donors (Lipinski definition) is 1. The van der Waals surface area contributed by atoms with E-state index in [4.69, 9.17) is 0 Å². The molecule has 1 fully saturated rings. The summed E-state index contributed by atoms with van der Waals surface area (Å²) in [6.07, 6.45) is 3.68. The Morgan fingerprint density at radius 1 is 1.30 bits per heavy atom. The Bertz CT molecular complexity index is 664. The van der Waals surface area contributed by atoms with Crippen LogP contribution >= 0.6 is 0 Å². The van der Waals surface area contributed by atoms with Gasteiger partial charge in [0.05, 0.1) is 4.90 Å². The number of carbonyl (C=O) groups excluding carboxylic acids is 1. The Labute approximate surface area is 139 Å². The maximum atomic E-state index is 12.7. The summed E-state index contributed by atoms with van der Waals surface area (Å²) in [5.74, 6) is -0.219. The summed E-state index contributed by atoms with van der Waals surface area (Å²) in [5, 5.41) is 2.92. The molecule has 1 aliphatic rings. The van der Waals surface area contributed by atoms with Gasteiger partial charge in [-0.3, -0.25) is 4.79 Å². The molecule has 1 N–H and O–H groups in total. The number of nitrogens with one attached hydrogen (secondary N) is 1. The fourth-order valence-corrected chi connectivity index (χ4v) is 4.67. The van der Waals surface area contributed by atoms with Crippen molar-refractivity contribution in [2.75, 3.05) is 13.1 Å². The predicted octanol–water partition coefficient (Wildman–Crippen LogP) is 2.70. The average Bonchev–Trinajstić information content (AvgIpc) is 3.02. The van der Waals surface area contributed by atoms with Crippen LogP contribution in [0.3, 0.4) is 0 Å². The lowest BCUT2D eigenvalue weighted by Crippen LogP contribution is -2.33. The number of carbonyl (C=O) groups is 1. The van der Waals surface area contributed by atoms with Gasteiger partial charge in [0.25, 0.3) is 5.91 Å². The second kappa shape index (κ2) is 7.45. The first-order valence-corrected chi connectivity index (χ1v) is 9.72. The van der Waals surface area contributed by atoms with Gasteiger partial charge < -0.3 is 5.32 Å². The lowest BCUT2D eigenvalue weighted by Gasteiger charge is -2.18. The molecule has 0 radical (unpaired) electrons. The van der Waals surface area contributed by atoms with Crippen LogP contribution in [-0.2, 0) is 10.0 Å². The Hall–Kier alpha value is -1.40. The third-order valence-electron chi connectivity index (χ3n) is 4.23. The zero-order valence-corrected chi connectivity index (χ0v) is 14.9. The molecule has 1 saturated heterocycles. The van der Waals surface area contributed by atoms with E-state index in [1.54, 1.807) is 19.1 Å². The molecule has 23 heavy (non-hydrogen) atoms. The molecule has 0 unspecified atom stereocenters. The highest BCUT2D eigenvalue weighted by molar-refractivity contribution is 7.89. The van der Waals surface area contributed by atoms with Crippen molar-refractivity contribution in [1.29, 1.82) is 0 Å². The van der Waals surface area contributed by atoms with Gasteiger partial charge in [-0.1, -0.05) is 19.4 Å². The molecule has 2 rings (SSSR count). The van der Waals surface area contributed by atoms with Gasteiger partial charge in [0.2, 0.25) is 10.0 Å². The maximum Gasteiger partial charge on any atom is 0.251 e. The van der Waals surface area contributed by atoms with Gasteiger partial charge in [0.1, 0.15) is 0 Å². The summed E-state index contributed by atoms with van der Waals surface area (Å²) in [7, 11) is -3.51. The average molecular weight is 338 g/mol. The largest absolute Gasteiger partial charge is 0.350 e. The van der Waals surface area contributed by atoms with Gasteiger partial charge >= 0.3 is 0 Å². The van der Waals surface area contributed by atoms with Crippen LogP contribution in [0.4, 0.5) is 0 Å². The first-order valence-electron chi connectivity index (χ1n) is 8.28. The summed E-state index contributed by atoms with van der Waals surface area (Å²) in [6, 6.07) is 4.98. The molecule has 1 atom stereocenters. The summed E-state index contributed by atoms with van der Waals surface area (Å²) in [5.41, 5.74) is 1.08. The fourth-order valence-electron chi connectivity index (χ4n) is 2.90. The number of aryl methyl sites for hydroxylation is 1. The number of amides is 1. The lowest BCUT2D eigenvalue weighted by atomic mass is 10.1. The molecule has 1 amide bonds. The van der Waals surface area contributed by atoms with Crippen molar-refractivity contribution >= 4 is 15.9 Å². The molecule has 1 aromatic carbocycles. The van der Waals surface area contributed by atoms with Crippen LogP contribution in [0.1, 0.15) is 55.5 Å². The van der Waals surface area contributed by atoms with E-state index in [0.717, 1.165) is 25.7 Å². The summed E-state index contributed by atoms with van der Waals surface area (Å²) < 4.78 is 27.0. The standard InChI is InChI=1S/C17H26N2O3S/c1-4-7-14(3)18-17(20)15-9-8-13(2)16(12-15)23(21,22)19-10-5-6-11-19/h8-9,12,14H,4-7,10-11H2,1-3H3,(H,18,20)/t14-/m0/s1. The second-order valence-corrected chi connectivity index (χ2v) is 8.16. The Morgan fingerprint density at radius 3 is 2.57 bits per heavy atom. The third kappa shape index (κ3) is 4.12. The Balaban J connectivity index is 2.27. The minimum atomic E-state index is -3.51. The molecule has 1 aromatic rings. The van der Waals surface area contributed by atoms with Gasteiger partial charge in [0.15, 0.2) is 0 Å². The summed E-state index contributed by atoms with van der Waals surface area (Å²) in [4.78, 5) is 12.6. The first kappa shape index (κ1) is 17.9. The third-order valence-corrected chi connectivity index (χ3v) is 6.27. The van der Waals surface area contributed by atoms with Crippen molar-refractivity contribution in [1.82, 2.24) is 9.62 Å². The van der Waals surface area contributed by atoms with E-state index in [1.807, 2.05) is 6.92 Å². The molecule has 1 aliphatic heterocycles. The van der Waals surface area contributed by atoms with Crippen LogP contribution in [0, 0.1) is 6.92 Å². The van der Waals surface area contributed by atoms with Gasteiger partial charge in [-0.05, 0) is 50.8 Å². The number of benzene rings is 1. The van der Waals surface area contributed by atoms with Gasteiger partial charge in [0, 0.05) is 24.7 Å². The van der Waals surface area contributed by atoms with Crippen molar-refractivity contribution < 1.29 is 13.2 Å². The quantitative estimate of drug-likeness (QED) is 0.867. The predicted molar refractivity (Wildman–Crippen MR) is 91.0 cm³/mol. The molecule has 128 valence electrons. The first-order chi connectivity index (χ1) is 10.9. The number of sulfonamides is 1. The molecule has 0 aliphatic carbocycles. The van der Waals surface area contributed by atoms with Gasteiger partial charge in [-0.15, -0.1) is 0 Å². The number of rotatable bonds is 6. The van der Waals surface area contributed by atoms with E-state index < -0.39 is 10.0 Å². The normalized spacial score (nSPS) is 17.2. The Kier molecular flexibility index (Phi) is 5.81. The van der Waals surface area contributed by atoms with Crippen LogP contribution in [0.5, 0.6) is 0 Å². The molecular formula is C17H26N2O3S. The molecular weight excluding hydrogens is 312 g/mol. The van der Waals surface area contributed by atoms with Crippen LogP contribution in [0.15, 0.2) is 23.1 Å². The fraction of sp³-hybridized carbons (Fsp3) is 0.588. The van der Waals surface area contributed by atoms with E-state index in [2.05, 4.69) is 12.2 Å². The highest BCUT2D eigenvalue weighted by Gasteiger charge is 2.29. The molecule has 0 spiro atoms. The van der Waals surface area contributed by atoms with E-state index >= 15 is 0 Å². The maximum absolute atomic E-state index is 12.7. The van der Waals surface area contributed by atoms with Crippen molar-refractivity contribution in [3.63, 3.8) is 0 Å². The van der Waals surface area contributed by atoms with Crippen LogP contribution in [0.25, 0.3) is 0 Å². The summed E-state index contributed by atoms with van der Waals surface area (Å²) >= 11 is 0. The molecule has 0 bridgehead atoms. The highest BCUT2D eigenvalue weighted by Crippen LogP contribution is 2.24. The summed E-state index contributed by atoms with van der Waals surface area (Å²) in [6.45, 7) is 6.91. The molecule has 1 heterocycles. The highest BCUT2D eigenvalue weighted by atomic mass is 32.2. The topological polar surface area (TPSA) is 66.5 Å². The van der Waals surface area contributed by atoms with Gasteiger partial charge in [-0.2, -0.15) is 4.31 Å². The number of nitrogens with zero attached hydrogens (tertiary/aromatic N) is 1. The van der Waals surface area contributed by atoms with E-state index in [9.17, 15) is 13.2 Å². The van der Waals surface area contributed by atoms with Crippen molar-refractivity contribution in [2.45, 2.75) is 57.4 Å². The monoisotopic (exact) mass is 338 g/mol. The molecule has 6 heteroatoms. The zero-order valence-electron chi connectivity index (χ0n) is 14.1. The van der Waals surface area contributed by atoms with E-state index in [1.165, 1.54) is 10.4 Å². The van der Waals surface area contributed by atoms with Crippen molar-refractivity contribution in [3.8, 4) is 0 Å². The van der Waals surface area contributed by atoms with E-state index in [-0.39, 0.29) is 16.8 Å². The molecule has 0 aromatic heterocycles. The van der Waals surface area contributed by atoms with Crippen LogP contribution in [-0.4, -0.2) is 37.8 Å². The lowest BCUT2D eigenvalue weighted by molar-refractivity contribution is 0.0938. The Morgan fingerprint density at radius 2 is 1.96 bits per heavy atom. The molecule has 5 nitrogen and oxygen atoms in total. The van der Waals surface area contributed by atoms with Crippen molar-refractivity contribution in [2.24, 2.45) is 0 Å². The second-order valence-electron chi connectivity index (χ2n) is 6.25. The smallest absolute Gasteiger partial charge is 0.251 e. The van der Waals surface area contributed by atoms with Crippen LogP contribution < -0.4 is 5.32 Å². The van der Waals surface area contributed by atoms with Gasteiger partial charge in [-0.25, -0.2) is 8.42 Å². The zero-order chi connectivity index (χ0) is 17.0. The number of hydrogen-bond acceptors (Lipinski definition) is 3. The van der Waals surface area contributed by atoms with Crippen molar-refractivity contribution in [3.05, 3.63) is 29.3 Å². The van der Waals surface area contributed by atoms with Crippen LogP contribution in [0.2, 0.25) is 0 Å². The minimum absolute atomic E-state index is 0.0763. The minimum Gasteiger partial charge on any atom is -0.350 e. The van der Waals surface area contributed by atoms with E-state index in [0.29, 0.717) is 24.2 Å².